The van der Waals surface area contributed by atoms with E-state index in [0.29, 0.717) is 19.5 Å². The average Bonchev–Trinajstić information content (AvgIpc) is 2.65. The van der Waals surface area contributed by atoms with E-state index in [-0.39, 0.29) is 11.8 Å². The minimum absolute atomic E-state index is 0.0337. The van der Waals surface area contributed by atoms with Crippen molar-refractivity contribution in [3.05, 3.63) is 41.5 Å². The first kappa shape index (κ1) is 20.0. The highest BCUT2D eigenvalue weighted by Crippen LogP contribution is 2.20. The number of carbonyl (C=O) groups excluding carboxylic acids is 2. The smallest absolute Gasteiger partial charge is 0.224 e. The summed E-state index contributed by atoms with van der Waals surface area (Å²) < 4.78 is 5.11. The molecule has 142 valence electrons. The second-order valence-corrected chi connectivity index (χ2v) is 6.74. The van der Waals surface area contributed by atoms with E-state index in [9.17, 15) is 9.59 Å². The van der Waals surface area contributed by atoms with E-state index in [4.69, 9.17) is 4.74 Å². The van der Waals surface area contributed by atoms with Crippen molar-refractivity contribution in [1.82, 2.24) is 10.2 Å². The maximum absolute atomic E-state index is 12.1. The molecule has 0 aromatic heterocycles. The van der Waals surface area contributed by atoms with Gasteiger partial charge in [-0.05, 0) is 49.8 Å². The lowest BCUT2D eigenvalue weighted by Gasteiger charge is -2.23. The monoisotopic (exact) mass is 358 g/mol. The van der Waals surface area contributed by atoms with Gasteiger partial charge in [0.1, 0.15) is 5.75 Å². The summed E-state index contributed by atoms with van der Waals surface area (Å²) in [4.78, 5) is 25.7. The van der Waals surface area contributed by atoms with Crippen molar-refractivity contribution in [2.45, 2.75) is 45.4 Å². The second kappa shape index (κ2) is 10.6. The van der Waals surface area contributed by atoms with Gasteiger partial charge in [0, 0.05) is 26.6 Å². The summed E-state index contributed by atoms with van der Waals surface area (Å²) >= 11 is 0. The number of nitrogens with one attached hydrogen (secondary N) is 1. The fraction of sp³-hybridized carbons (Fsp3) is 0.524. The van der Waals surface area contributed by atoms with Gasteiger partial charge < -0.3 is 15.0 Å². The Labute approximate surface area is 156 Å². The minimum atomic E-state index is -0.0337. The molecule has 5 nitrogen and oxygen atoms in total. The molecular formula is C21H30N2O3. The molecule has 1 N–H and O–H groups in total. The van der Waals surface area contributed by atoms with Crippen LogP contribution in [0.25, 0.3) is 0 Å². The quantitative estimate of drug-likeness (QED) is 0.690. The Hall–Kier alpha value is -2.30. The molecule has 0 spiro atoms. The topological polar surface area (TPSA) is 58.6 Å². The molecule has 0 fully saturated rings. The molecule has 0 heterocycles. The Kier molecular flexibility index (Phi) is 8.19. The Morgan fingerprint density at radius 3 is 2.54 bits per heavy atom. The standard InChI is InChI=1S/C21H30N2O3/c1-17(24)23(14-12-18-6-4-3-5-7-18)15-13-22-21(25)16-19-8-10-20(26-2)11-9-19/h6,8-11H,3-5,7,12-16H2,1-2H3,(H,22,25). The number of amides is 2. The summed E-state index contributed by atoms with van der Waals surface area (Å²) in [6, 6.07) is 7.47. The zero-order valence-corrected chi connectivity index (χ0v) is 15.9. The first-order valence-electron chi connectivity index (χ1n) is 9.41. The van der Waals surface area contributed by atoms with Gasteiger partial charge in [-0.2, -0.15) is 0 Å². The fourth-order valence-corrected chi connectivity index (χ4v) is 3.16. The SMILES string of the molecule is COc1ccc(CC(=O)NCCN(CCC2=CCCCC2)C(C)=O)cc1. The highest BCUT2D eigenvalue weighted by Gasteiger charge is 2.11. The maximum atomic E-state index is 12.1. The Balaban J connectivity index is 1.71. The zero-order valence-electron chi connectivity index (χ0n) is 15.9. The summed E-state index contributed by atoms with van der Waals surface area (Å²) in [7, 11) is 1.62. The number of hydrogen-bond acceptors (Lipinski definition) is 3. The van der Waals surface area contributed by atoms with E-state index in [2.05, 4.69) is 11.4 Å². The number of nitrogens with zero attached hydrogens (tertiary/aromatic N) is 1. The van der Waals surface area contributed by atoms with Crippen molar-refractivity contribution in [2.75, 3.05) is 26.7 Å². The molecule has 0 bridgehead atoms. The van der Waals surface area contributed by atoms with Gasteiger partial charge in [-0.25, -0.2) is 0 Å². The summed E-state index contributed by atoms with van der Waals surface area (Å²) in [6.45, 7) is 3.36. The molecule has 0 atom stereocenters. The molecular weight excluding hydrogens is 328 g/mol. The van der Waals surface area contributed by atoms with Crippen LogP contribution in [0.2, 0.25) is 0 Å². The maximum Gasteiger partial charge on any atom is 0.224 e. The molecule has 1 aromatic rings. The van der Waals surface area contributed by atoms with Crippen LogP contribution in [0, 0.1) is 0 Å². The highest BCUT2D eigenvalue weighted by molar-refractivity contribution is 5.78. The number of hydrogen-bond donors (Lipinski definition) is 1. The van der Waals surface area contributed by atoms with Crippen molar-refractivity contribution in [3.8, 4) is 5.75 Å². The third-order valence-corrected chi connectivity index (χ3v) is 4.76. The van der Waals surface area contributed by atoms with Crippen LogP contribution in [0.5, 0.6) is 5.75 Å². The Morgan fingerprint density at radius 2 is 1.92 bits per heavy atom. The van der Waals surface area contributed by atoms with Crippen LogP contribution >= 0.6 is 0 Å². The van der Waals surface area contributed by atoms with Crippen LogP contribution < -0.4 is 10.1 Å². The molecule has 0 unspecified atom stereocenters. The van der Waals surface area contributed by atoms with Gasteiger partial charge in [-0.1, -0.05) is 23.8 Å². The number of carbonyl (C=O) groups is 2. The fourth-order valence-electron chi connectivity index (χ4n) is 3.16. The van der Waals surface area contributed by atoms with E-state index in [0.717, 1.165) is 37.1 Å². The predicted octanol–water partition coefficient (Wildman–Crippen LogP) is 3.09. The lowest BCUT2D eigenvalue weighted by atomic mass is 9.97. The van der Waals surface area contributed by atoms with Crippen molar-refractivity contribution in [2.24, 2.45) is 0 Å². The normalized spacial score (nSPS) is 13.7. The second-order valence-electron chi connectivity index (χ2n) is 6.74. The number of ether oxygens (including phenoxy) is 1. The first-order chi connectivity index (χ1) is 12.6. The van der Waals surface area contributed by atoms with Crippen molar-refractivity contribution in [1.29, 1.82) is 0 Å². The third kappa shape index (κ3) is 6.90. The van der Waals surface area contributed by atoms with Crippen LogP contribution in [0.4, 0.5) is 0 Å². The van der Waals surface area contributed by atoms with Gasteiger partial charge in [0.15, 0.2) is 0 Å². The number of allylic oxidation sites excluding steroid dienone is 1. The number of rotatable bonds is 9. The highest BCUT2D eigenvalue weighted by atomic mass is 16.5. The van der Waals surface area contributed by atoms with E-state index >= 15 is 0 Å². The van der Waals surface area contributed by atoms with E-state index < -0.39 is 0 Å². The lowest BCUT2D eigenvalue weighted by Crippen LogP contribution is -2.38. The first-order valence-corrected chi connectivity index (χ1v) is 9.41. The molecule has 0 saturated heterocycles. The summed E-state index contributed by atoms with van der Waals surface area (Å²) in [5, 5.41) is 2.90. The van der Waals surface area contributed by atoms with E-state index in [1.165, 1.54) is 18.4 Å². The Bertz CT molecular complexity index is 623. The predicted molar refractivity (Wildman–Crippen MR) is 103 cm³/mol. The average molecular weight is 358 g/mol. The van der Waals surface area contributed by atoms with Crippen LogP contribution in [0.1, 0.15) is 44.6 Å². The molecule has 1 aliphatic rings. The van der Waals surface area contributed by atoms with Crippen LogP contribution in [-0.4, -0.2) is 43.5 Å². The number of benzene rings is 1. The van der Waals surface area contributed by atoms with E-state index in [1.807, 2.05) is 29.2 Å². The largest absolute Gasteiger partial charge is 0.497 e. The van der Waals surface area contributed by atoms with E-state index in [1.54, 1.807) is 14.0 Å². The summed E-state index contributed by atoms with van der Waals surface area (Å²) in [5.74, 6) is 0.804. The lowest BCUT2D eigenvalue weighted by molar-refractivity contribution is -0.129. The third-order valence-electron chi connectivity index (χ3n) is 4.76. The van der Waals surface area contributed by atoms with Gasteiger partial charge >= 0.3 is 0 Å². The minimum Gasteiger partial charge on any atom is -0.497 e. The molecule has 1 aromatic carbocycles. The molecule has 0 saturated carbocycles. The number of methoxy groups -OCH3 is 1. The van der Waals surface area contributed by atoms with Gasteiger partial charge in [0.25, 0.3) is 0 Å². The summed E-state index contributed by atoms with van der Waals surface area (Å²) in [5.41, 5.74) is 2.40. The molecule has 0 aliphatic heterocycles. The molecule has 1 aliphatic carbocycles. The Morgan fingerprint density at radius 1 is 1.15 bits per heavy atom. The molecule has 2 amide bonds. The van der Waals surface area contributed by atoms with Gasteiger partial charge in [-0.15, -0.1) is 0 Å². The summed E-state index contributed by atoms with van der Waals surface area (Å²) in [6.07, 6.45) is 8.45. The van der Waals surface area contributed by atoms with Gasteiger partial charge in [-0.3, -0.25) is 9.59 Å². The van der Waals surface area contributed by atoms with Gasteiger partial charge in [0.2, 0.25) is 11.8 Å². The molecule has 2 rings (SSSR count). The van der Waals surface area contributed by atoms with Crippen molar-refractivity contribution < 1.29 is 14.3 Å². The molecule has 0 radical (unpaired) electrons. The van der Waals surface area contributed by atoms with Crippen molar-refractivity contribution >= 4 is 11.8 Å². The van der Waals surface area contributed by atoms with Gasteiger partial charge in [0.05, 0.1) is 13.5 Å². The van der Waals surface area contributed by atoms with Crippen LogP contribution in [0.15, 0.2) is 35.9 Å². The molecule has 26 heavy (non-hydrogen) atoms. The van der Waals surface area contributed by atoms with Crippen LogP contribution in [0.3, 0.4) is 0 Å². The van der Waals surface area contributed by atoms with Crippen LogP contribution in [-0.2, 0) is 16.0 Å². The van der Waals surface area contributed by atoms with Crippen molar-refractivity contribution in [3.63, 3.8) is 0 Å². The zero-order chi connectivity index (χ0) is 18.8. The molecule has 5 heteroatoms.